The number of nitrogens with one attached hydrogen (secondary N) is 1. The van der Waals surface area contributed by atoms with E-state index in [-0.39, 0.29) is 5.91 Å². The number of rotatable bonds is 5. The number of nitrogens with zero attached hydrogens (tertiary/aromatic N) is 2. The SMILES string of the molecule is O=C(NCCSC1CCOCC1)c1cnccn1. The molecule has 0 unspecified atom stereocenters. The molecule has 1 aromatic heterocycles. The Labute approximate surface area is 111 Å². The maximum absolute atomic E-state index is 11.7. The van der Waals surface area contributed by atoms with Crippen molar-refractivity contribution in [1.29, 1.82) is 0 Å². The lowest BCUT2D eigenvalue weighted by atomic mass is 10.2. The van der Waals surface area contributed by atoms with Crippen LogP contribution in [0.15, 0.2) is 18.6 Å². The predicted octanol–water partition coefficient (Wildman–Crippen LogP) is 1.12. The van der Waals surface area contributed by atoms with Gasteiger partial charge >= 0.3 is 0 Å². The van der Waals surface area contributed by atoms with Crippen LogP contribution in [-0.4, -0.2) is 46.6 Å². The summed E-state index contributed by atoms with van der Waals surface area (Å²) >= 11 is 1.90. The van der Waals surface area contributed by atoms with Gasteiger partial charge in [0.25, 0.3) is 5.91 Å². The zero-order valence-corrected chi connectivity index (χ0v) is 11.0. The molecule has 2 heterocycles. The largest absolute Gasteiger partial charge is 0.381 e. The second-order valence-electron chi connectivity index (χ2n) is 4.03. The van der Waals surface area contributed by atoms with Gasteiger partial charge in [0.2, 0.25) is 0 Å². The number of hydrogen-bond donors (Lipinski definition) is 1. The fourth-order valence-electron chi connectivity index (χ4n) is 1.74. The molecule has 2 rings (SSSR count). The maximum Gasteiger partial charge on any atom is 0.271 e. The van der Waals surface area contributed by atoms with E-state index in [0.29, 0.717) is 17.5 Å². The van der Waals surface area contributed by atoms with Crippen molar-refractivity contribution in [3.63, 3.8) is 0 Å². The van der Waals surface area contributed by atoms with Crippen LogP contribution in [0.5, 0.6) is 0 Å². The highest BCUT2D eigenvalue weighted by molar-refractivity contribution is 7.99. The Morgan fingerprint density at radius 2 is 2.28 bits per heavy atom. The lowest BCUT2D eigenvalue weighted by Gasteiger charge is -2.21. The van der Waals surface area contributed by atoms with Crippen LogP contribution in [0.1, 0.15) is 23.3 Å². The highest BCUT2D eigenvalue weighted by Crippen LogP contribution is 2.21. The van der Waals surface area contributed by atoms with Crippen LogP contribution in [0.2, 0.25) is 0 Å². The van der Waals surface area contributed by atoms with Gasteiger partial charge in [-0.1, -0.05) is 0 Å². The molecule has 98 valence electrons. The van der Waals surface area contributed by atoms with E-state index in [2.05, 4.69) is 15.3 Å². The first kappa shape index (κ1) is 13.3. The molecule has 0 bridgehead atoms. The van der Waals surface area contributed by atoms with E-state index in [9.17, 15) is 4.79 Å². The maximum atomic E-state index is 11.7. The van der Waals surface area contributed by atoms with Crippen molar-refractivity contribution in [3.8, 4) is 0 Å². The summed E-state index contributed by atoms with van der Waals surface area (Å²) < 4.78 is 5.30. The van der Waals surface area contributed by atoms with Crippen LogP contribution < -0.4 is 5.32 Å². The smallest absolute Gasteiger partial charge is 0.271 e. The van der Waals surface area contributed by atoms with Gasteiger partial charge in [-0.2, -0.15) is 11.8 Å². The van der Waals surface area contributed by atoms with Gasteiger partial charge in [-0.3, -0.25) is 9.78 Å². The van der Waals surface area contributed by atoms with Crippen LogP contribution in [0.3, 0.4) is 0 Å². The van der Waals surface area contributed by atoms with Crippen molar-refractivity contribution >= 4 is 17.7 Å². The minimum Gasteiger partial charge on any atom is -0.381 e. The first-order chi connectivity index (χ1) is 8.86. The van der Waals surface area contributed by atoms with Gasteiger partial charge in [-0.25, -0.2) is 4.98 Å². The van der Waals surface area contributed by atoms with Gasteiger partial charge in [-0.05, 0) is 12.8 Å². The Bertz CT molecular complexity index is 369. The number of hydrogen-bond acceptors (Lipinski definition) is 5. The molecule has 0 radical (unpaired) electrons. The minimum absolute atomic E-state index is 0.157. The van der Waals surface area contributed by atoms with Crippen LogP contribution in [-0.2, 0) is 4.74 Å². The summed E-state index contributed by atoms with van der Waals surface area (Å²) in [5, 5.41) is 3.52. The highest BCUT2D eigenvalue weighted by atomic mass is 32.2. The minimum atomic E-state index is -0.157. The number of amides is 1. The van der Waals surface area contributed by atoms with Crippen molar-refractivity contribution in [2.75, 3.05) is 25.5 Å². The molecule has 0 atom stereocenters. The summed E-state index contributed by atoms with van der Waals surface area (Å²) in [6.45, 7) is 2.39. The molecule has 1 aromatic rings. The van der Waals surface area contributed by atoms with Crippen molar-refractivity contribution in [1.82, 2.24) is 15.3 Å². The summed E-state index contributed by atoms with van der Waals surface area (Å²) in [5.41, 5.74) is 0.369. The van der Waals surface area contributed by atoms with E-state index in [1.165, 1.54) is 12.4 Å². The Hall–Kier alpha value is -1.14. The number of ether oxygens (including phenoxy) is 1. The van der Waals surface area contributed by atoms with Crippen molar-refractivity contribution in [2.45, 2.75) is 18.1 Å². The van der Waals surface area contributed by atoms with E-state index in [4.69, 9.17) is 4.74 Å². The Morgan fingerprint density at radius 1 is 1.44 bits per heavy atom. The molecule has 0 aliphatic carbocycles. The number of thioether (sulfide) groups is 1. The van der Waals surface area contributed by atoms with E-state index in [1.54, 1.807) is 6.20 Å². The number of carbonyl (C=O) groups is 1. The molecular formula is C12H17N3O2S. The first-order valence-electron chi connectivity index (χ1n) is 6.10. The monoisotopic (exact) mass is 267 g/mol. The van der Waals surface area contributed by atoms with Gasteiger partial charge in [0.15, 0.2) is 0 Å². The number of aromatic nitrogens is 2. The molecule has 6 heteroatoms. The van der Waals surface area contributed by atoms with Gasteiger partial charge in [0.05, 0.1) is 6.20 Å². The highest BCUT2D eigenvalue weighted by Gasteiger charge is 2.13. The summed E-state index contributed by atoms with van der Waals surface area (Å²) in [4.78, 5) is 19.5. The molecular weight excluding hydrogens is 250 g/mol. The molecule has 18 heavy (non-hydrogen) atoms. The van der Waals surface area contributed by atoms with E-state index < -0.39 is 0 Å². The van der Waals surface area contributed by atoms with E-state index in [0.717, 1.165) is 31.8 Å². The van der Waals surface area contributed by atoms with E-state index in [1.807, 2.05) is 11.8 Å². The number of carbonyl (C=O) groups excluding carboxylic acids is 1. The topological polar surface area (TPSA) is 64.1 Å². The third-order valence-corrected chi connectivity index (χ3v) is 4.09. The van der Waals surface area contributed by atoms with Crippen LogP contribution >= 0.6 is 11.8 Å². The van der Waals surface area contributed by atoms with Crippen molar-refractivity contribution in [2.24, 2.45) is 0 Å². The molecule has 1 amide bonds. The normalized spacial score (nSPS) is 16.4. The Balaban J connectivity index is 1.62. The molecule has 1 fully saturated rings. The third-order valence-electron chi connectivity index (χ3n) is 2.71. The average molecular weight is 267 g/mol. The average Bonchev–Trinajstić information content (AvgIpc) is 2.45. The van der Waals surface area contributed by atoms with Crippen molar-refractivity contribution < 1.29 is 9.53 Å². The fraction of sp³-hybridized carbons (Fsp3) is 0.583. The Morgan fingerprint density at radius 3 is 3.00 bits per heavy atom. The zero-order chi connectivity index (χ0) is 12.6. The van der Waals surface area contributed by atoms with Gasteiger partial charge < -0.3 is 10.1 Å². The molecule has 5 nitrogen and oxygen atoms in total. The molecule has 1 saturated heterocycles. The summed E-state index contributed by atoms with van der Waals surface area (Å²) in [7, 11) is 0. The van der Waals surface area contributed by atoms with Gasteiger partial charge in [0, 0.05) is 43.2 Å². The summed E-state index contributed by atoms with van der Waals surface area (Å²) in [6.07, 6.45) is 6.77. The van der Waals surface area contributed by atoms with Gasteiger partial charge in [-0.15, -0.1) is 0 Å². The molecule has 0 spiro atoms. The quantitative estimate of drug-likeness (QED) is 0.810. The summed E-state index contributed by atoms with van der Waals surface area (Å²) in [6, 6.07) is 0. The third kappa shape index (κ3) is 4.27. The van der Waals surface area contributed by atoms with E-state index >= 15 is 0 Å². The standard InChI is InChI=1S/C12H17N3O2S/c16-12(11-9-13-3-4-14-11)15-5-8-18-10-1-6-17-7-2-10/h3-4,9-10H,1-2,5-8H2,(H,15,16). The molecule has 0 saturated carbocycles. The van der Waals surface area contributed by atoms with Gasteiger partial charge in [0.1, 0.15) is 5.69 Å². The lowest BCUT2D eigenvalue weighted by molar-refractivity contribution is 0.0949. The molecule has 1 aliphatic rings. The second-order valence-corrected chi connectivity index (χ2v) is 5.44. The molecule has 0 aromatic carbocycles. The second kappa shape index (κ2) is 7.33. The van der Waals surface area contributed by atoms with Crippen molar-refractivity contribution in [3.05, 3.63) is 24.3 Å². The first-order valence-corrected chi connectivity index (χ1v) is 7.14. The van der Waals surface area contributed by atoms with Crippen LogP contribution in [0.25, 0.3) is 0 Å². The summed E-state index contributed by atoms with van der Waals surface area (Å²) in [5.74, 6) is 0.770. The van der Waals surface area contributed by atoms with Crippen LogP contribution in [0, 0.1) is 0 Å². The fourth-order valence-corrected chi connectivity index (χ4v) is 2.82. The lowest BCUT2D eigenvalue weighted by Crippen LogP contribution is -2.27. The van der Waals surface area contributed by atoms with Crippen LogP contribution in [0.4, 0.5) is 0 Å². The predicted molar refractivity (Wildman–Crippen MR) is 70.7 cm³/mol. The zero-order valence-electron chi connectivity index (χ0n) is 10.2. The molecule has 1 aliphatic heterocycles. The molecule has 1 N–H and O–H groups in total. The Kier molecular flexibility index (Phi) is 5.41.